The Morgan fingerprint density at radius 1 is 0.893 bits per heavy atom. The second kappa shape index (κ2) is 9.33. The van der Waals surface area contributed by atoms with E-state index in [-0.39, 0.29) is 0 Å². The molecule has 1 saturated heterocycles. The molecule has 0 unspecified atom stereocenters. The first-order valence-electron chi connectivity index (χ1n) is 9.89. The van der Waals surface area contributed by atoms with E-state index in [0.29, 0.717) is 6.61 Å². The molecule has 1 fully saturated rings. The summed E-state index contributed by atoms with van der Waals surface area (Å²) in [6, 6.07) is 16.4. The van der Waals surface area contributed by atoms with Crippen LogP contribution in [0.2, 0.25) is 0 Å². The number of rotatable bonds is 8. The van der Waals surface area contributed by atoms with E-state index < -0.39 is 0 Å². The third kappa shape index (κ3) is 4.87. The molecule has 0 aliphatic carbocycles. The van der Waals surface area contributed by atoms with E-state index in [1.807, 2.05) is 42.7 Å². The van der Waals surface area contributed by atoms with Gasteiger partial charge in [0.2, 0.25) is 0 Å². The van der Waals surface area contributed by atoms with Gasteiger partial charge < -0.3 is 15.0 Å². The number of nitrogens with zero attached hydrogens (tertiary/aromatic N) is 3. The Morgan fingerprint density at radius 2 is 1.79 bits per heavy atom. The van der Waals surface area contributed by atoms with Crippen molar-refractivity contribution in [3.05, 3.63) is 83.8 Å². The van der Waals surface area contributed by atoms with Gasteiger partial charge in [0.25, 0.3) is 0 Å². The normalized spacial score (nSPS) is 13.6. The van der Waals surface area contributed by atoms with Gasteiger partial charge in [-0.3, -0.25) is 4.98 Å². The molecular formula is C23H26N4O. The quantitative estimate of drug-likeness (QED) is 0.647. The van der Waals surface area contributed by atoms with Crippen LogP contribution in [0.5, 0.6) is 5.75 Å². The van der Waals surface area contributed by atoms with Gasteiger partial charge in [0.1, 0.15) is 18.2 Å². The molecule has 0 amide bonds. The van der Waals surface area contributed by atoms with Crippen LogP contribution in [0.25, 0.3) is 0 Å². The Labute approximate surface area is 166 Å². The van der Waals surface area contributed by atoms with Gasteiger partial charge in [0, 0.05) is 55.9 Å². The standard InChI is InChI=1S/C23H26N4O/c1-2-8-22(28-18-20-6-5-11-24-15-20)21(7-1)17-25-14-19-9-10-23(26-16-19)27-12-3-4-13-27/h1-2,5-11,15-16,25H,3-4,12-14,17-18H2. The van der Waals surface area contributed by atoms with Gasteiger partial charge >= 0.3 is 0 Å². The number of aromatic nitrogens is 2. The maximum atomic E-state index is 6.00. The number of hydrogen-bond donors (Lipinski definition) is 1. The molecule has 3 heterocycles. The second-order valence-corrected chi connectivity index (χ2v) is 7.08. The molecule has 2 aromatic heterocycles. The molecule has 3 aromatic rings. The van der Waals surface area contributed by atoms with Crippen LogP contribution >= 0.6 is 0 Å². The fraction of sp³-hybridized carbons (Fsp3) is 0.304. The lowest BCUT2D eigenvalue weighted by molar-refractivity contribution is 0.301. The number of ether oxygens (including phenoxy) is 1. The first-order valence-corrected chi connectivity index (χ1v) is 9.89. The summed E-state index contributed by atoms with van der Waals surface area (Å²) in [7, 11) is 0. The highest BCUT2D eigenvalue weighted by Crippen LogP contribution is 2.20. The van der Waals surface area contributed by atoms with Crippen LogP contribution in [0.15, 0.2) is 67.1 Å². The van der Waals surface area contributed by atoms with Gasteiger partial charge in [-0.15, -0.1) is 0 Å². The van der Waals surface area contributed by atoms with Crippen LogP contribution < -0.4 is 15.0 Å². The molecule has 1 aromatic carbocycles. The zero-order chi connectivity index (χ0) is 19.0. The third-order valence-corrected chi connectivity index (χ3v) is 4.97. The average molecular weight is 374 g/mol. The van der Waals surface area contributed by atoms with Crippen molar-refractivity contribution in [2.45, 2.75) is 32.5 Å². The van der Waals surface area contributed by atoms with Crippen molar-refractivity contribution < 1.29 is 4.74 Å². The number of pyridine rings is 2. The van der Waals surface area contributed by atoms with Gasteiger partial charge in [0.05, 0.1) is 0 Å². The molecule has 1 aliphatic rings. The van der Waals surface area contributed by atoms with E-state index in [0.717, 1.165) is 48.9 Å². The number of benzene rings is 1. The highest BCUT2D eigenvalue weighted by molar-refractivity contribution is 5.40. The predicted octanol–water partition coefficient (Wildman–Crippen LogP) is 3.95. The van der Waals surface area contributed by atoms with Gasteiger partial charge in [-0.05, 0) is 36.6 Å². The van der Waals surface area contributed by atoms with Gasteiger partial charge in [-0.25, -0.2) is 4.98 Å². The molecule has 0 radical (unpaired) electrons. The first-order chi connectivity index (χ1) is 13.9. The molecule has 5 nitrogen and oxygen atoms in total. The summed E-state index contributed by atoms with van der Waals surface area (Å²) in [6.45, 7) is 4.30. The van der Waals surface area contributed by atoms with Crippen LogP contribution in [0.3, 0.4) is 0 Å². The smallest absolute Gasteiger partial charge is 0.128 e. The summed E-state index contributed by atoms with van der Waals surface area (Å²) >= 11 is 0. The van der Waals surface area contributed by atoms with E-state index in [4.69, 9.17) is 4.74 Å². The summed E-state index contributed by atoms with van der Waals surface area (Å²) in [4.78, 5) is 11.1. The molecule has 0 atom stereocenters. The van der Waals surface area contributed by atoms with Crippen LogP contribution in [0.4, 0.5) is 5.82 Å². The van der Waals surface area contributed by atoms with Crippen LogP contribution in [-0.4, -0.2) is 23.1 Å². The molecule has 28 heavy (non-hydrogen) atoms. The lowest BCUT2D eigenvalue weighted by Crippen LogP contribution is -2.19. The van der Waals surface area contributed by atoms with E-state index >= 15 is 0 Å². The van der Waals surface area contributed by atoms with Crippen molar-refractivity contribution in [3.8, 4) is 5.75 Å². The Balaban J connectivity index is 1.30. The maximum Gasteiger partial charge on any atom is 0.128 e. The second-order valence-electron chi connectivity index (χ2n) is 7.08. The Morgan fingerprint density at radius 3 is 2.57 bits per heavy atom. The minimum atomic E-state index is 0.521. The fourth-order valence-electron chi connectivity index (χ4n) is 3.43. The lowest BCUT2D eigenvalue weighted by atomic mass is 10.2. The molecule has 0 bridgehead atoms. The highest BCUT2D eigenvalue weighted by atomic mass is 16.5. The number of nitrogens with one attached hydrogen (secondary N) is 1. The summed E-state index contributed by atoms with van der Waals surface area (Å²) in [6.07, 6.45) is 8.12. The van der Waals surface area contributed by atoms with E-state index in [9.17, 15) is 0 Å². The Kier molecular flexibility index (Phi) is 6.15. The monoisotopic (exact) mass is 374 g/mol. The van der Waals surface area contributed by atoms with Crippen LogP contribution in [0, 0.1) is 0 Å². The van der Waals surface area contributed by atoms with Gasteiger partial charge in [0.15, 0.2) is 0 Å². The third-order valence-electron chi connectivity index (χ3n) is 4.97. The average Bonchev–Trinajstić information content (AvgIpc) is 3.29. The van der Waals surface area contributed by atoms with Crippen molar-refractivity contribution in [2.75, 3.05) is 18.0 Å². The molecule has 1 N–H and O–H groups in total. The van der Waals surface area contributed by atoms with Crippen LogP contribution in [-0.2, 0) is 19.7 Å². The molecule has 1 aliphatic heterocycles. The number of para-hydroxylation sites is 1. The predicted molar refractivity (Wildman–Crippen MR) is 111 cm³/mol. The van der Waals surface area contributed by atoms with E-state index in [1.165, 1.54) is 18.4 Å². The molecule has 0 spiro atoms. The minimum Gasteiger partial charge on any atom is -0.489 e. The van der Waals surface area contributed by atoms with Gasteiger partial charge in [-0.2, -0.15) is 0 Å². The first kappa shape index (κ1) is 18.4. The summed E-state index contributed by atoms with van der Waals surface area (Å²) in [5, 5.41) is 3.50. The largest absolute Gasteiger partial charge is 0.489 e. The number of hydrogen-bond acceptors (Lipinski definition) is 5. The molecule has 0 saturated carbocycles. The SMILES string of the molecule is c1cncc(COc2ccccc2CNCc2ccc(N3CCCC3)nc2)c1. The van der Waals surface area contributed by atoms with Gasteiger partial charge in [-0.1, -0.05) is 30.3 Å². The topological polar surface area (TPSA) is 50.3 Å². The van der Waals surface area contributed by atoms with Crippen molar-refractivity contribution >= 4 is 5.82 Å². The van der Waals surface area contributed by atoms with Crippen molar-refractivity contribution in [3.63, 3.8) is 0 Å². The highest BCUT2D eigenvalue weighted by Gasteiger charge is 2.12. The maximum absolute atomic E-state index is 6.00. The zero-order valence-electron chi connectivity index (χ0n) is 16.1. The minimum absolute atomic E-state index is 0.521. The fourth-order valence-corrected chi connectivity index (χ4v) is 3.43. The summed E-state index contributed by atoms with van der Waals surface area (Å²) in [5.41, 5.74) is 3.40. The lowest BCUT2D eigenvalue weighted by Gasteiger charge is -2.16. The van der Waals surface area contributed by atoms with E-state index in [2.05, 4.69) is 38.4 Å². The molecule has 5 heteroatoms. The zero-order valence-corrected chi connectivity index (χ0v) is 16.1. The Hall–Kier alpha value is -2.92. The molecular weight excluding hydrogens is 348 g/mol. The summed E-state index contributed by atoms with van der Waals surface area (Å²) in [5.74, 6) is 2.00. The van der Waals surface area contributed by atoms with E-state index in [1.54, 1.807) is 6.20 Å². The molecule has 144 valence electrons. The Bertz CT molecular complexity index is 861. The van der Waals surface area contributed by atoms with Crippen LogP contribution in [0.1, 0.15) is 29.5 Å². The van der Waals surface area contributed by atoms with Crippen molar-refractivity contribution in [2.24, 2.45) is 0 Å². The number of anilines is 1. The molecule has 4 rings (SSSR count). The van der Waals surface area contributed by atoms with Crippen molar-refractivity contribution in [1.29, 1.82) is 0 Å². The van der Waals surface area contributed by atoms with Crippen molar-refractivity contribution in [1.82, 2.24) is 15.3 Å². The summed E-state index contributed by atoms with van der Waals surface area (Å²) < 4.78 is 6.00.